The van der Waals surface area contributed by atoms with Crippen LogP contribution in [-0.4, -0.2) is 40.9 Å². The molecule has 1 heterocycles. The number of hydrogen-bond donors (Lipinski definition) is 2. The SMILES string of the molecule is O=C(CC1(C(=O)O)CCC1)Nc1ccc(OCC(F)(F)C(F)F)nc1. The first-order valence-corrected chi connectivity index (χ1v) is 7.43. The Morgan fingerprint density at radius 3 is 2.48 bits per heavy atom. The average molecular weight is 364 g/mol. The molecule has 0 saturated heterocycles. The number of carbonyl (C=O) groups excluding carboxylic acids is 1. The average Bonchev–Trinajstić information content (AvgIpc) is 2.49. The summed E-state index contributed by atoms with van der Waals surface area (Å²) < 4.78 is 54.0. The van der Waals surface area contributed by atoms with E-state index in [1.54, 1.807) is 0 Å². The fourth-order valence-electron chi connectivity index (χ4n) is 2.36. The van der Waals surface area contributed by atoms with Gasteiger partial charge in [-0.2, -0.15) is 8.78 Å². The molecule has 1 saturated carbocycles. The van der Waals surface area contributed by atoms with Crippen molar-refractivity contribution >= 4 is 17.6 Å². The Balaban J connectivity index is 1.88. The third-order valence-corrected chi connectivity index (χ3v) is 4.02. The molecule has 10 heteroatoms. The maximum absolute atomic E-state index is 12.7. The molecule has 1 fully saturated rings. The van der Waals surface area contributed by atoms with Gasteiger partial charge in [-0.1, -0.05) is 6.42 Å². The van der Waals surface area contributed by atoms with Crippen LogP contribution in [0.4, 0.5) is 23.2 Å². The number of halogens is 4. The molecule has 0 unspecified atom stereocenters. The summed E-state index contributed by atoms with van der Waals surface area (Å²) in [7, 11) is 0. The first-order chi connectivity index (χ1) is 11.6. The van der Waals surface area contributed by atoms with Gasteiger partial charge in [-0.05, 0) is 18.9 Å². The minimum Gasteiger partial charge on any atom is -0.481 e. The van der Waals surface area contributed by atoms with Gasteiger partial charge in [0.15, 0.2) is 6.61 Å². The lowest BCUT2D eigenvalue weighted by molar-refractivity contribution is -0.157. The van der Waals surface area contributed by atoms with Gasteiger partial charge in [0, 0.05) is 12.5 Å². The predicted molar refractivity (Wildman–Crippen MR) is 77.8 cm³/mol. The maximum atomic E-state index is 12.7. The van der Waals surface area contributed by atoms with Crippen molar-refractivity contribution in [2.75, 3.05) is 11.9 Å². The van der Waals surface area contributed by atoms with Crippen molar-refractivity contribution in [2.24, 2.45) is 5.41 Å². The van der Waals surface area contributed by atoms with Gasteiger partial charge in [-0.25, -0.2) is 13.8 Å². The maximum Gasteiger partial charge on any atom is 0.340 e. The number of hydrogen-bond acceptors (Lipinski definition) is 4. The van der Waals surface area contributed by atoms with Crippen LogP contribution < -0.4 is 10.1 Å². The normalized spacial score (nSPS) is 16.2. The van der Waals surface area contributed by atoms with Crippen LogP contribution in [0.25, 0.3) is 0 Å². The van der Waals surface area contributed by atoms with Gasteiger partial charge in [0.1, 0.15) is 0 Å². The summed E-state index contributed by atoms with van der Waals surface area (Å²) >= 11 is 0. The number of alkyl halides is 4. The molecule has 25 heavy (non-hydrogen) atoms. The zero-order valence-corrected chi connectivity index (χ0v) is 13.0. The summed E-state index contributed by atoms with van der Waals surface area (Å²) in [5.41, 5.74) is -0.834. The summed E-state index contributed by atoms with van der Waals surface area (Å²) in [5, 5.41) is 11.6. The number of aliphatic carboxylic acids is 1. The fraction of sp³-hybridized carbons (Fsp3) is 0.533. The van der Waals surface area contributed by atoms with E-state index >= 15 is 0 Å². The lowest BCUT2D eigenvalue weighted by Crippen LogP contribution is -2.41. The number of carboxylic acids is 1. The molecule has 1 amide bonds. The zero-order chi connectivity index (χ0) is 18.7. The quantitative estimate of drug-likeness (QED) is 0.693. The number of pyridine rings is 1. The van der Waals surface area contributed by atoms with Crippen molar-refractivity contribution in [3.8, 4) is 5.88 Å². The second-order valence-electron chi connectivity index (χ2n) is 5.90. The summed E-state index contributed by atoms with van der Waals surface area (Å²) in [6, 6.07) is 2.42. The van der Waals surface area contributed by atoms with Crippen molar-refractivity contribution in [3.05, 3.63) is 18.3 Å². The van der Waals surface area contributed by atoms with Gasteiger partial charge >= 0.3 is 18.3 Å². The number of aromatic nitrogens is 1. The lowest BCUT2D eigenvalue weighted by atomic mass is 9.66. The molecular weight excluding hydrogens is 348 g/mol. The summed E-state index contributed by atoms with van der Waals surface area (Å²) in [6.07, 6.45) is -1.32. The van der Waals surface area contributed by atoms with Crippen LogP contribution in [0.2, 0.25) is 0 Å². The molecule has 6 nitrogen and oxygen atoms in total. The molecule has 2 N–H and O–H groups in total. The van der Waals surface area contributed by atoms with E-state index in [9.17, 15) is 32.3 Å². The van der Waals surface area contributed by atoms with E-state index < -0.39 is 36.2 Å². The molecule has 138 valence electrons. The lowest BCUT2D eigenvalue weighted by Gasteiger charge is -2.36. The highest BCUT2D eigenvalue weighted by molar-refractivity contribution is 5.94. The first-order valence-electron chi connectivity index (χ1n) is 7.43. The zero-order valence-electron chi connectivity index (χ0n) is 13.0. The van der Waals surface area contributed by atoms with Crippen LogP contribution in [0.5, 0.6) is 5.88 Å². The minimum atomic E-state index is -4.29. The van der Waals surface area contributed by atoms with Crippen LogP contribution in [0.3, 0.4) is 0 Å². The molecule has 0 radical (unpaired) electrons. The van der Waals surface area contributed by atoms with Gasteiger partial charge in [-0.15, -0.1) is 0 Å². The van der Waals surface area contributed by atoms with E-state index in [1.165, 1.54) is 6.07 Å². The number of nitrogens with one attached hydrogen (secondary N) is 1. The van der Waals surface area contributed by atoms with E-state index in [4.69, 9.17) is 0 Å². The third kappa shape index (κ3) is 4.58. The van der Waals surface area contributed by atoms with Crippen LogP contribution >= 0.6 is 0 Å². The van der Waals surface area contributed by atoms with Gasteiger partial charge in [0.05, 0.1) is 17.3 Å². The number of carbonyl (C=O) groups is 2. The number of anilines is 1. The highest BCUT2D eigenvalue weighted by Crippen LogP contribution is 2.44. The van der Waals surface area contributed by atoms with E-state index in [2.05, 4.69) is 15.0 Å². The smallest absolute Gasteiger partial charge is 0.340 e. The second kappa shape index (κ2) is 7.24. The van der Waals surface area contributed by atoms with Gasteiger partial charge in [0.2, 0.25) is 11.8 Å². The van der Waals surface area contributed by atoms with Crippen molar-refractivity contribution in [2.45, 2.75) is 38.0 Å². The Kier molecular flexibility index (Phi) is 5.48. The van der Waals surface area contributed by atoms with Crippen LogP contribution in [0.15, 0.2) is 18.3 Å². The Hall–Kier alpha value is -2.39. The molecular formula is C15H16F4N2O4. The summed E-state index contributed by atoms with van der Waals surface area (Å²) in [5.74, 6) is -6.13. The molecule has 1 aromatic rings. The molecule has 2 rings (SSSR count). The molecule has 0 aliphatic heterocycles. The van der Waals surface area contributed by atoms with Crippen molar-refractivity contribution in [3.63, 3.8) is 0 Å². The number of ether oxygens (including phenoxy) is 1. The number of rotatable bonds is 8. The highest BCUT2D eigenvalue weighted by atomic mass is 19.3. The van der Waals surface area contributed by atoms with Crippen LogP contribution in [0.1, 0.15) is 25.7 Å². The predicted octanol–water partition coefficient (Wildman–Crippen LogP) is 2.94. The molecule has 0 aromatic carbocycles. The highest BCUT2D eigenvalue weighted by Gasteiger charge is 2.46. The van der Waals surface area contributed by atoms with E-state index in [1.807, 2.05) is 0 Å². The molecule has 0 atom stereocenters. The van der Waals surface area contributed by atoms with Gasteiger partial charge in [-0.3, -0.25) is 9.59 Å². The molecule has 0 bridgehead atoms. The fourth-order valence-corrected chi connectivity index (χ4v) is 2.36. The first kappa shape index (κ1) is 18.9. The van der Waals surface area contributed by atoms with Crippen LogP contribution in [-0.2, 0) is 9.59 Å². The molecule has 1 aliphatic rings. The van der Waals surface area contributed by atoms with E-state index in [0.717, 1.165) is 18.7 Å². The molecule has 1 aliphatic carbocycles. The second-order valence-corrected chi connectivity index (χ2v) is 5.90. The monoisotopic (exact) mass is 364 g/mol. The molecule has 1 aromatic heterocycles. The summed E-state index contributed by atoms with van der Waals surface area (Å²) in [4.78, 5) is 26.8. The largest absolute Gasteiger partial charge is 0.481 e. The van der Waals surface area contributed by atoms with Gasteiger partial charge < -0.3 is 15.2 Å². The van der Waals surface area contributed by atoms with Crippen LogP contribution in [0, 0.1) is 5.41 Å². The third-order valence-electron chi connectivity index (χ3n) is 4.02. The number of amides is 1. The summed E-state index contributed by atoms with van der Waals surface area (Å²) in [6.45, 7) is -1.52. The van der Waals surface area contributed by atoms with Crippen molar-refractivity contribution < 1.29 is 37.0 Å². The Labute approximate surface area is 140 Å². The minimum absolute atomic E-state index is 0.179. The number of carboxylic acid groups (broad SMARTS) is 1. The molecule has 0 spiro atoms. The topological polar surface area (TPSA) is 88.5 Å². The van der Waals surface area contributed by atoms with E-state index in [0.29, 0.717) is 12.8 Å². The van der Waals surface area contributed by atoms with Crippen molar-refractivity contribution in [1.29, 1.82) is 0 Å². The number of nitrogens with zero attached hydrogens (tertiary/aromatic N) is 1. The van der Waals surface area contributed by atoms with Crippen molar-refractivity contribution in [1.82, 2.24) is 4.98 Å². The van der Waals surface area contributed by atoms with E-state index in [-0.39, 0.29) is 18.0 Å². The standard InChI is InChI=1S/C15H16F4N2O4/c16-12(17)15(18,19)8-25-11-3-2-9(7-20-11)21-10(22)6-14(13(23)24)4-1-5-14/h2-3,7,12H,1,4-6,8H2,(H,21,22)(H,23,24). The Morgan fingerprint density at radius 1 is 1.36 bits per heavy atom. The van der Waals surface area contributed by atoms with Gasteiger partial charge in [0.25, 0.3) is 0 Å². The Bertz CT molecular complexity index is 633. The Morgan fingerprint density at radius 2 is 2.04 bits per heavy atom.